The number of hydrogen-bond donors (Lipinski definition) is 1. The zero-order valence-corrected chi connectivity index (χ0v) is 25.8. The molecule has 0 unspecified atom stereocenters. The highest BCUT2D eigenvalue weighted by Crippen LogP contribution is 2.26. The van der Waals surface area contributed by atoms with Crippen molar-refractivity contribution in [1.29, 1.82) is 0 Å². The molecule has 0 atom stereocenters. The van der Waals surface area contributed by atoms with E-state index in [2.05, 4.69) is 53.2 Å². The lowest BCUT2D eigenvalue weighted by Gasteiger charge is -2.37. The van der Waals surface area contributed by atoms with E-state index in [1.807, 2.05) is 18.7 Å². The van der Waals surface area contributed by atoms with Crippen molar-refractivity contribution in [2.45, 2.75) is 65.8 Å². The molecule has 2 fully saturated rings. The van der Waals surface area contributed by atoms with Crippen LogP contribution < -0.4 is 15.0 Å². The summed E-state index contributed by atoms with van der Waals surface area (Å²) in [6.07, 6.45) is 5.07. The van der Waals surface area contributed by atoms with Gasteiger partial charge in [0.2, 0.25) is 5.91 Å². The molecule has 0 radical (unpaired) electrons. The first-order chi connectivity index (χ1) is 20.2. The second kappa shape index (κ2) is 15.3. The van der Waals surface area contributed by atoms with Crippen LogP contribution in [0.1, 0.15) is 59.8 Å². The predicted molar refractivity (Wildman–Crippen MR) is 165 cm³/mol. The highest BCUT2D eigenvalue weighted by atomic mass is 16.6. The lowest BCUT2D eigenvalue weighted by Crippen LogP contribution is -2.48. The second-order valence-corrected chi connectivity index (χ2v) is 12.5. The third-order valence-electron chi connectivity index (χ3n) is 8.05. The smallest absolute Gasteiger partial charge is 0.288 e. The maximum atomic E-state index is 13.0. The molecule has 4 rings (SSSR count). The van der Waals surface area contributed by atoms with E-state index < -0.39 is 0 Å². The maximum Gasteiger partial charge on any atom is 0.288 e. The lowest BCUT2D eigenvalue weighted by atomic mass is 10.0. The summed E-state index contributed by atoms with van der Waals surface area (Å²) in [5, 5.41) is 15.0. The van der Waals surface area contributed by atoms with Gasteiger partial charge in [0.15, 0.2) is 5.76 Å². The first-order valence-electron chi connectivity index (χ1n) is 15.6. The molecule has 2 heterocycles. The summed E-state index contributed by atoms with van der Waals surface area (Å²) in [6.45, 7) is 15.6. The van der Waals surface area contributed by atoms with Crippen molar-refractivity contribution in [2.24, 2.45) is 11.8 Å². The van der Waals surface area contributed by atoms with Gasteiger partial charge in [-0.15, -0.1) is 0 Å². The quantitative estimate of drug-likeness (QED) is 0.265. The van der Waals surface area contributed by atoms with E-state index in [1.165, 1.54) is 5.69 Å². The van der Waals surface area contributed by atoms with E-state index in [0.717, 1.165) is 76.7 Å². The van der Waals surface area contributed by atoms with Crippen molar-refractivity contribution in [3.05, 3.63) is 57.6 Å². The monoisotopic (exact) mass is 583 g/mol. The van der Waals surface area contributed by atoms with Gasteiger partial charge in [-0.25, -0.2) is 0 Å². The lowest BCUT2D eigenvalue weighted by molar-refractivity contribution is -0.431. The fourth-order valence-corrected chi connectivity index (χ4v) is 5.56. The summed E-state index contributed by atoms with van der Waals surface area (Å²) >= 11 is 0. The van der Waals surface area contributed by atoms with Crippen LogP contribution in [0, 0.1) is 22.0 Å². The Morgan fingerprint density at radius 3 is 2.21 bits per heavy atom. The van der Waals surface area contributed by atoms with Gasteiger partial charge in [0, 0.05) is 82.2 Å². The number of likely N-dealkylation sites (tertiary alicyclic amines) is 1. The number of allylic oxidation sites excluding steroid dienone is 3. The molecular formula is C32H49N5O5. The number of nitro groups is 1. The van der Waals surface area contributed by atoms with Gasteiger partial charge >= 0.3 is 0 Å². The zero-order valence-electron chi connectivity index (χ0n) is 25.8. The van der Waals surface area contributed by atoms with Crippen molar-refractivity contribution in [1.82, 2.24) is 15.1 Å². The molecule has 42 heavy (non-hydrogen) atoms. The highest BCUT2D eigenvalue weighted by molar-refractivity contribution is 5.76. The van der Waals surface area contributed by atoms with Gasteiger partial charge < -0.3 is 24.6 Å². The summed E-state index contributed by atoms with van der Waals surface area (Å²) in [5.41, 5.74) is 2.36. The topological polar surface area (TPSA) is 100 Å². The summed E-state index contributed by atoms with van der Waals surface area (Å²) in [4.78, 5) is 30.9. The fourth-order valence-electron chi connectivity index (χ4n) is 5.56. The summed E-state index contributed by atoms with van der Waals surface area (Å²) in [6, 6.07) is 8.64. The van der Waals surface area contributed by atoms with Crippen LogP contribution in [0.15, 0.2) is 47.5 Å². The van der Waals surface area contributed by atoms with E-state index >= 15 is 0 Å². The molecule has 0 saturated carbocycles. The van der Waals surface area contributed by atoms with Gasteiger partial charge in [-0.2, -0.15) is 0 Å². The van der Waals surface area contributed by atoms with Gasteiger partial charge in [0.25, 0.3) is 5.70 Å². The van der Waals surface area contributed by atoms with Crippen LogP contribution in [0.2, 0.25) is 0 Å². The molecule has 1 amide bonds. The number of piperazine rings is 1. The number of hydrogen-bond acceptors (Lipinski definition) is 8. The van der Waals surface area contributed by atoms with Crippen molar-refractivity contribution < 1.29 is 19.2 Å². The first-order valence-corrected chi connectivity index (χ1v) is 15.6. The van der Waals surface area contributed by atoms with Gasteiger partial charge in [0.05, 0.1) is 18.1 Å². The van der Waals surface area contributed by atoms with E-state index in [-0.39, 0.29) is 22.6 Å². The van der Waals surface area contributed by atoms with Gasteiger partial charge in [-0.05, 0) is 55.4 Å². The number of amides is 1. The van der Waals surface area contributed by atoms with Crippen molar-refractivity contribution in [3.63, 3.8) is 0 Å². The van der Waals surface area contributed by atoms with Gasteiger partial charge in [-0.3, -0.25) is 19.8 Å². The van der Waals surface area contributed by atoms with Gasteiger partial charge in [-0.1, -0.05) is 27.7 Å². The molecule has 3 aliphatic rings. The van der Waals surface area contributed by atoms with Crippen molar-refractivity contribution in [2.75, 3.05) is 63.9 Å². The van der Waals surface area contributed by atoms with Crippen LogP contribution in [0.5, 0.6) is 5.75 Å². The molecule has 0 aromatic heterocycles. The minimum absolute atomic E-state index is 0.157. The first kappa shape index (κ1) is 31.7. The number of carbonyl (C=O) groups is 1. The number of carbonyl (C=O) groups excluding carboxylic acids is 1. The Bertz CT molecular complexity index is 1100. The third-order valence-corrected chi connectivity index (χ3v) is 8.05. The zero-order chi connectivity index (χ0) is 30.1. The second-order valence-electron chi connectivity index (χ2n) is 12.5. The van der Waals surface area contributed by atoms with E-state index in [4.69, 9.17) is 9.47 Å². The summed E-state index contributed by atoms with van der Waals surface area (Å²) in [7, 11) is 0. The molecule has 1 aromatic rings. The minimum Gasteiger partial charge on any atom is -0.493 e. The number of piperidine rings is 1. The molecule has 10 nitrogen and oxygen atoms in total. The molecule has 2 saturated heterocycles. The number of ether oxygens (including phenoxy) is 2. The minimum atomic E-state index is -0.323. The molecule has 0 spiro atoms. The van der Waals surface area contributed by atoms with Crippen LogP contribution in [0.25, 0.3) is 0 Å². The molecule has 1 aliphatic carbocycles. The normalized spacial score (nSPS) is 18.9. The Hall–Kier alpha value is -3.27. The van der Waals surface area contributed by atoms with Crippen LogP contribution in [0.3, 0.4) is 0 Å². The maximum absolute atomic E-state index is 13.0. The largest absolute Gasteiger partial charge is 0.493 e. The van der Waals surface area contributed by atoms with E-state index in [0.29, 0.717) is 43.5 Å². The Morgan fingerprint density at radius 2 is 1.60 bits per heavy atom. The molecular weight excluding hydrogens is 534 g/mol. The Kier molecular flexibility index (Phi) is 11.5. The molecule has 0 bridgehead atoms. The predicted octanol–water partition coefficient (Wildman–Crippen LogP) is 4.65. The number of nitrogens with one attached hydrogen (secondary N) is 1. The SMILES string of the molecule is CC(C)COC1=C([N+](=O)[O-])CCC(NC2CCN(C(=O)CCN3CCN(c4ccc(OCC(C)C)cc4)CC3)CC2)=C1. The number of anilines is 1. The third kappa shape index (κ3) is 9.37. The van der Waals surface area contributed by atoms with Crippen LogP contribution >= 0.6 is 0 Å². The highest BCUT2D eigenvalue weighted by Gasteiger charge is 2.28. The summed E-state index contributed by atoms with van der Waals surface area (Å²) < 4.78 is 11.6. The molecule has 10 heteroatoms. The van der Waals surface area contributed by atoms with E-state index in [1.54, 1.807) is 6.08 Å². The van der Waals surface area contributed by atoms with Crippen LogP contribution in [-0.2, 0) is 9.53 Å². The fraction of sp³-hybridized carbons (Fsp3) is 0.656. The van der Waals surface area contributed by atoms with Gasteiger partial charge in [0.1, 0.15) is 5.75 Å². The van der Waals surface area contributed by atoms with Crippen LogP contribution in [-0.4, -0.2) is 85.7 Å². The van der Waals surface area contributed by atoms with Crippen molar-refractivity contribution in [3.8, 4) is 5.75 Å². The average Bonchev–Trinajstić information content (AvgIpc) is 2.98. The molecule has 1 N–H and O–H groups in total. The van der Waals surface area contributed by atoms with Crippen molar-refractivity contribution >= 4 is 11.6 Å². The number of rotatable bonds is 13. The standard InChI is InChI=1S/C32H49N5O5/c1-24(2)22-41-29-8-6-28(7-9-29)35-19-17-34(18-20-35)14-13-32(38)36-15-11-26(12-16-36)33-27-5-10-30(37(39)40)31(21-27)42-23-25(3)4/h6-9,21,24-26,33H,5,10-20,22-23H2,1-4H3. The Morgan fingerprint density at radius 1 is 0.952 bits per heavy atom. The van der Waals surface area contributed by atoms with E-state index in [9.17, 15) is 14.9 Å². The van der Waals surface area contributed by atoms with Crippen LogP contribution in [0.4, 0.5) is 5.69 Å². The Balaban J connectivity index is 1.15. The Labute approximate surface area is 250 Å². The average molecular weight is 584 g/mol. The summed E-state index contributed by atoms with van der Waals surface area (Å²) in [5.74, 6) is 2.32. The molecule has 2 aliphatic heterocycles. The molecule has 1 aromatic carbocycles. The molecule has 232 valence electrons. The number of benzene rings is 1. The number of nitrogens with zero attached hydrogens (tertiary/aromatic N) is 4.